The van der Waals surface area contributed by atoms with E-state index in [0.717, 1.165) is 17.6 Å². The van der Waals surface area contributed by atoms with Crippen molar-refractivity contribution in [3.8, 4) is 11.8 Å². The van der Waals surface area contributed by atoms with Crippen molar-refractivity contribution >= 4 is 28.6 Å². The lowest BCUT2D eigenvalue weighted by molar-refractivity contribution is -0.274. The molecule has 3 rings (SSSR count). The zero-order valence-corrected chi connectivity index (χ0v) is 13.7. The van der Waals surface area contributed by atoms with E-state index in [9.17, 15) is 18.0 Å². The van der Waals surface area contributed by atoms with Crippen LogP contribution in [0.4, 0.5) is 18.9 Å². The first kappa shape index (κ1) is 18.1. The van der Waals surface area contributed by atoms with Crippen LogP contribution in [0.1, 0.15) is 11.1 Å². The van der Waals surface area contributed by atoms with Crippen molar-refractivity contribution in [1.29, 1.82) is 5.26 Å². The molecule has 0 saturated carbocycles. The molecule has 0 fully saturated rings. The maximum Gasteiger partial charge on any atom is 0.573 e. The number of carbonyl (C=O) groups excluding carboxylic acids is 1. The highest BCUT2D eigenvalue weighted by atomic mass is 19.4. The molecule has 0 saturated heterocycles. The number of ether oxygens (including phenoxy) is 1. The van der Waals surface area contributed by atoms with Gasteiger partial charge in [-0.3, -0.25) is 4.79 Å². The minimum Gasteiger partial charge on any atom is -0.406 e. The molecule has 0 unspecified atom stereocenters. The molecule has 2 aromatic carbocycles. The van der Waals surface area contributed by atoms with E-state index in [1.165, 1.54) is 24.3 Å². The molecule has 27 heavy (non-hydrogen) atoms. The van der Waals surface area contributed by atoms with Gasteiger partial charge in [0.1, 0.15) is 11.8 Å². The maximum atomic E-state index is 12.1. The first-order chi connectivity index (χ1) is 12.8. The van der Waals surface area contributed by atoms with Crippen LogP contribution in [-0.4, -0.2) is 17.3 Å². The lowest BCUT2D eigenvalue weighted by Crippen LogP contribution is -2.16. The van der Waals surface area contributed by atoms with Crippen molar-refractivity contribution < 1.29 is 22.7 Å². The number of hydrogen-bond acceptors (Lipinski definition) is 3. The quantitative estimate of drug-likeness (QED) is 0.659. The molecular formula is C19H12F3N3O2. The molecule has 0 atom stereocenters. The zero-order chi connectivity index (χ0) is 19.4. The molecular weight excluding hydrogens is 359 g/mol. The van der Waals surface area contributed by atoms with Gasteiger partial charge in [-0.05, 0) is 42.0 Å². The highest BCUT2D eigenvalue weighted by Gasteiger charge is 2.30. The molecule has 0 radical (unpaired) electrons. The largest absolute Gasteiger partial charge is 0.573 e. The van der Waals surface area contributed by atoms with Gasteiger partial charge in [0.25, 0.3) is 0 Å². The maximum absolute atomic E-state index is 12.1. The van der Waals surface area contributed by atoms with Gasteiger partial charge in [0, 0.05) is 28.9 Å². The van der Waals surface area contributed by atoms with Gasteiger partial charge in [-0.2, -0.15) is 5.26 Å². The fraction of sp³-hybridized carbons (Fsp3) is 0.0526. The summed E-state index contributed by atoms with van der Waals surface area (Å²) in [6.45, 7) is 0. The summed E-state index contributed by atoms with van der Waals surface area (Å²) in [4.78, 5) is 15.0. The molecule has 1 heterocycles. The van der Waals surface area contributed by atoms with E-state index in [1.807, 2.05) is 0 Å². The molecule has 0 aliphatic rings. The van der Waals surface area contributed by atoms with Crippen LogP contribution in [0, 0.1) is 11.3 Å². The summed E-state index contributed by atoms with van der Waals surface area (Å²) in [5.41, 5.74) is 2.30. The van der Waals surface area contributed by atoms with E-state index >= 15 is 0 Å². The molecule has 1 amide bonds. The van der Waals surface area contributed by atoms with E-state index in [-0.39, 0.29) is 5.75 Å². The fourth-order valence-corrected chi connectivity index (χ4v) is 2.43. The highest BCUT2D eigenvalue weighted by Crippen LogP contribution is 2.23. The van der Waals surface area contributed by atoms with Gasteiger partial charge in [-0.1, -0.05) is 12.1 Å². The smallest absolute Gasteiger partial charge is 0.406 e. The zero-order valence-electron chi connectivity index (χ0n) is 13.7. The van der Waals surface area contributed by atoms with Crippen LogP contribution in [0.25, 0.3) is 17.0 Å². The van der Waals surface area contributed by atoms with Crippen LogP contribution in [0.2, 0.25) is 0 Å². The minimum atomic E-state index is -4.75. The van der Waals surface area contributed by atoms with E-state index in [4.69, 9.17) is 5.26 Å². The second-order valence-electron chi connectivity index (χ2n) is 5.51. The van der Waals surface area contributed by atoms with Crippen molar-refractivity contribution in [1.82, 2.24) is 4.98 Å². The first-order valence-electron chi connectivity index (χ1n) is 7.70. The summed E-state index contributed by atoms with van der Waals surface area (Å²) >= 11 is 0. The second kappa shape index (κ2) is 7.25. The lowest BCUT2D eigenvalue weighted by atomic mass is 10.1. The Bertz CT molecular complexity index is 1040. The van der Waals surface area contributed by atoms with Crippen LogP contribution >= 0.6 is 0 Å². The average molecular weight is 371 g/mol. The van der Waals surface area contributed by atoms with Crippen LogP contribution in [0.3, 0.4) is 0 Å². The molecule has 8 heteroatoms. The Kier molecular flexibility index (Phi) is 4.86. The molecule has 136 valence electrons. The van der Waals surface area contributed by atoms with Gasteiger partial charge in [0.15, 0.2) is 0 Å². The normalized spacial score (nSPS) is 11.5. The van der Waals surface area contributed by atoms with Crippen molar-refractivity contribution in [3.63, 3.8) is 0 Å². The summed E-state index contributed by atoms with van der Waals surface area (Å²) in [5.74, 6) is -0.754. The fourth-order valence-electron chi connectivity index (χ4n) is 2.43. The summed E-state index contributed by atoms with van der Waals surface area (Å²) in [7, 11) is 0. The SMILES string of the molecule is N#Cc1c[nH]c2ccc(NC(=O)C=Cc3ccc(OC(F)(F)F)cc3)cc12. The second-order valence-corrected chi connectivity index (χ2v) is 5.51. The van der Waals surface area contributed by atoms with Gasteiger partial charge in [-0.25, -0.2) is 0 Å². The van der Waals surface area contributed by atoms with Crippen LogP contribution in [0.5, 0.6) is 5.75 Å². The Labute approximate surface area is 151 Å². The molecule has 0 aliphatic carbocycles. The number of nitriles is 1. The van der Waals surface area contributed by atoms with Crippen molar-refractivity contribution in [2.75, 3.05) is 5.32 Å². The van der Waals surface area contributed by atoms with Crippen molar-refractivity contribution in [2.24, 2.45) is 0 Å². The lowest BCUT2D eigenvalue weighted by Gasteiger charge is -2.08. The van der Waals surface area contributed by atoms with Gasteiger partial charge in [-0.15, -0.1) is 13.2 Å². The number of H-pyrrole nitrogens is 1. The summed E-state index contributed by atoms with van der Waals surface area (Å²) < 4.78 is 40.1. The predicted molar refractivity (Wildman–Crippen MR) is 93.8 cm³/mol. The molecule has 0 bridgehead atoms. The topological polar surface area (TPSA) is 77.9 Å². The summed E-state index contributed by atoms with van der Waals surface area (Å²) in [6.07, 6.45) is -0.445. The summed E-state index contributed by atoms with van der Waals surface area (Å²) in [5, 5.41) is 12.4. The number of aromatic nitrogens is 1. The molecule has 2 N–H and O–H groups in total. The number of nitrogens with one attached hydrogen (secondary N) is 2. The Hall–Kier alpha value is -3.73. The third-order valence-electron chi connectivity index (χ3n) is 3.61. The number of anilines is 1. The van der Waals surface area contributed by atoms with E-state index in [0.29, 0.717) is 22.2 Å². The number of alkyl halides is 3. The van der Waals surface area contributed by atoms with Gasteiger partial charge in [0.2, 0.25) is 5.91 Å². The van der Waals surface area contributed by atoms with Crippen LogP contribution in [0.15, 0.2) is 54.7 Å². The number of rotatable bonds is 4. The number of benzene rings is 2. The number of halogens is 3. The number of carbonyl (C=O) groups is 1. The molecule has 1 aromatic heterocycles. The van der Waals surface area contributed by atoms with Gasteiger partial charge in [0.05, 0.1) is 5.56 Å². The third-order valence-corrected chi connectivity index (χ3v) is 3.61. The number of amides is 1. The molecule has 0 aliphatic heterocycles. The Balaban J connectivity index is 1.66. The van der Waals surface area contributed by atoms with Gasteiger partial charge >= 0.3 is 6.36 Å². The van der Waals surface area contributed by atoms with Gasteiger partial charge < -0.3 is 15.0 Å². The standard InChI is InChI=1S/C19H12F3N3O2/c20-19(21,22)27-15-5-1-12(2-6-15)3-8-18(26)25-14-4-7-17-16(9-14)13(10-23)11-24-17/h1-9,11,24H,(H,25,26). The average Bonchev–Trinajstić information content (AvgIpc) is 3.02. The highest BCUT2D eigenvalue weighted by molar-refractivity contribution is 6.03. The Morgan fingerprint density at radius 1 is 1.19 bits per heavy atom. The third kappa shape index (κ3) is 4.67. The number of fused-ring (bicyclic) bond motifs is 1. The first-order valence-corrected chi connectivity index (χ1v) is 7.70. The molecule has 5 nitrogen and oxygen atoms in total. The van der Waals surface area contributed by atoms with E-state index in [1.54, 1.807) is 24.4 Å². The number of hydrogen-bond donors (Lipinski definition) is 2. The van der Waals surface area contributed by atoms with E-state index in [2.05, 4.69) is 21.1 Å². The Morgan fingerprint density at radius 3 is 2.59 bits per heavy atom. The molecule has 3 aromatic rings. The minimum absolute atomic E-state index is 0.336. The number of nitrogens with zero attached hydrogens (tertiary/aromatic N) is 1. The Morgan fingerprint density at radius 2 is 1.93 bits per heavy atom. The van der Waals surface area contributed by atoms with Crippen molar-refractivity contribution in [3.05, 3.63) is 65.9 Å². The van der Waals surface area contributed by atoms with Crippen LogP contribution in [-0.2, 0) is 4.79 Å². The van der Waals surface area contributed by atoms with E-state index < -0.39 is 12.3 Å². The monoisotopic (exact) mass is 371 g/mol. The summed E-state index contributed by atoms with van der Waals surface area (Å²) in [6, 6.07) is 12.3. The predicted octanol–water partition coefficient (Wildman–Crippen LogP) is 4.59. The van der Waals surface area contributed by atoms with Crippen LogP contribution < -0.4 is 10.1 Å². The van der Waals surface area contributed by atoms with Crippen molar-refractivity contribution in [2.45, 2.75) is 6.36 Å². The molecule has 0 spiro atoms. The number of aromatic amines is 1.